The number of amides is 1. The molecule has 21 heavy (non-hydrogen) atoms. The summed E-state index contributed by atoms with van der Waals surface area (Å²) in [5.74, 6) is 1.34. The van der Waals surface area contributed by atoms with Crippen LogP contribution in [0, 0.1) is 5.41 Å². The molecule has 114 valence electrons. The van der Waals surface area contributed by atoms with Gasteiger partial charge in [-0.2, -0.15) is 0 Å². The predicted octanol–water partition coefficient (Wildman–Crippen LogP) is 2.95. The van der Waals surface area contributed by atoms with Gasteiger partial charge in [-0.05, 0) is 12.8 Å². The molecule has 1 aromatic rings. The maximum absolute atomic E-state index is 12.5. The van der Waals surface area contributed by atoms with Crippen molar-refractivity contribution in [2.75, 3.05) is 24.3 Å². The lowest BCUT2D eigenvalue weighted by atomic mass is 9.88. The number of nitrogens with two attached hydrogens (primary N) is 1. The maximum Gasteiger partial charge on any atom is 0.230 e. The number of hydrogen-bond donors (Lipinski definition) is 2. The highest BCUT2D eigenvalue weighted by molar-refractivity contribution is 5.98. The molecule has 1 aliphatic heterocycles. The van der Waals surface area contributed by atoms with E-state index in [0.717, 1.165) is 32.1 Å². The maximum atomic E-state index is 12.5. The zero-order chi connectivity index (χ0) is 14.9. The minimum atomic E-state index is -0.281. The van der Waals surface area contributed by atoms with E-state index in [0.29, 0.717) is 36.1 Å². The molecule has 1 fully saturated rings. The molecule has 2 aliphatic rings. The van der Waals surface area contributed by atoms with Crippen LogP contribution >= 0.6 is 0 Å². The lowest BCUT2D eigenvalue weighted by molar-refractivity contribution is -0.124. The minimum absolute atomic E-state index is 0.0428. The van der Waals surface area contributed by atoms with Gasteiger partial charge in [-0.3, -0.25) is 4.79 Å². The molecule has 1 heterocycles. The first-order chi connectivity index (χ1) is 10.1. The van der Waals surface area contributed by atoms with Crippen LogP contribution in [0.5, 0.6) is 11.5 Å². The van der Waals surface area contributed by atoms with E-state index < -0.39 is 0 Å². The Bertz CT molecular complexity index is 551. The van der Waals surface area contributed by atoms with Gasteiger partial charge in [-0.25, -0.2) is 0 Å². The molecule has 3 rings (SSSR count). The summed E-state index contributed by atoms with van der Waals surface area (Å²) in [5.41, 5.74) is 6.87. The van der Waals surface area contributed by atoms with E-state index in [1.165, 1.54) is 0 Å². The smallest absolute Gasteiger partial charge is 0.230 e. The zero-order valence-electron chi connectivity index (χ0n) is 12.4. The highest BCUT2D eigenvalue weighted by Gasteiger charge is 2.36. The molecule has 0 bridgehead atoms. The third kappa shape index (κ3) is 2.77. The van der Waals surface area contributed by atoms with Gasteiger partial charge < -0.3 is 20.5 Å². The molecule has 1 aromatic carbocycles. The van der Waals surface area contributed by atoms with Gasteiger partial charge in [0.2, 0.25) is 5.91 Å². The third-order valence-corrected chi connectivity index (χ3v) is 4.42. The second-order valence-electron chi connectivity index (χ2n) is 6.16. The average Bonchev–Trinajstić information content (AvgIpc) is 2.78. The molecule has 0 radical (unpaired) electrons. The summed E-state index contributed by atoms with van der Waals surface area (Å²) in [4.78, 5) is 12.5. The van der Waals surface area contributed by atoms with Gasteiger partial charge in [0.1, 0.15) is 0 Å². The summed E-state index contributed by atoms with van der Waals surface area (Å²) in [5, 5.41) is 2.96. The van der Waals surface area contributed by atoms with Crippen LogP contribution in [0.2, 0.25) is 0 Å². The Kier molecular flexibility index (Phi) is 3.66. The van der Waals surface area contributed by atoms with Gasteiger partial charge in [0.25, 0.3) is 0 Å². The topological polar surface area (TPSA) is 73.6 Å². The number of rotatable bonds is 2. The highest BCUT2D eigenvalue weighted by atomic mass is 16.5. The summed E-state index contributed by atoms with van der Waals surface area (Å²) in [6.07, 6.45) is 4.93. The van der Waals surface area contributed by atoms with Crippen molar-refractivity contribution < 1.29 is 14.3 Å². The molecule has 1 amide bonds. The van der Waals surface area contributed by atoms with Crippen LogP contribution in [0.25, 0.3) is 0 Å². The summed E-state index contributed by atoms with van der Waals surface area (Å²) in [7, 11) is 0. The second kappa shape index (κ2) is 5.47. The van der Waals surface area contributed by atoms with Crippen molar-refractivity contribution in [1.29, 1.82) is 0 Å². The molecular formula is C16H22N2O3. The fourth-order valence-electron chi connectivity index (χ4n) is 2.99. The number of fused-ring (bicyclic) bond motifs is 1. The van der Waals surface area contributed by atoms with E-state index in [9.17, 15) is 4.79 Å². The van der Waals surface area contributed by atoms with E-state index in [1.807, 2.05) is 6.92 Å². The fourth-order valence-corrected chi connectivity index (χ4v) is 2.99. The number of nitrogen functional groups attached to an aromatic ring is 1. The molecule has 0 atom stereocenters. The SMILES string of the molecule is CC1(C(=O)Nc2cc3c(cc2N)OCCCO3)CCCC1. The van der Waals surface area contributed by atoms with Crippen molar-refractivity contribution in [2.45, 2.75) is 39.0 Å². The van der Waals surface area contributed by atoms with E-state index in [4.69, 9.17) is 15.2 Å². The first-order valence-corrected chi connectivity index (χ1v) is 7.59. The Morgan fingerprint density at radius 1 is 1.14 bits per heavy atom. The largest absolute Gasteiger partial charge is 0.489 e. The van der Waals surface area contributed by atoms with Gasteiger partial charge in [-0.1, -0.05) is 19.8 Å². The summed E-state index contributed by atoms with van der Waals surface area (Å²) >= 11 is 0. The number of hydrogen-bond acceptors (Lipinski definition) is 4. The number of ether oxygens (including phenoxy) is 2. The molecular weight excluding hydrogens is 268 g/mol. The van der Waals surface area contributed by atoms with Crippen molar-refractivity contribution in [3.05, 3.63) is 12.1 Å². The first-order valence-electron chi connectivity index (χ1n) is 7.59. The highest BCUT2D eigenvalue weighted by Crippen LogP contribution is 2.41. The summed E-state index contributed by atoms with van der Waals surface area (Å²) in [6.45, 7) is 3.26. The van der Waals surface area contributed by atoms with Crippen LogP contribution in [-0.2, 0) is 4.79 Å². The van der Waals surface area contributed by atoms with Crippen LogP contribution in [0.1, 0.15) is 39.0 Å². The Balaban J connectivity index is 1.82. The molecule has 5 nitrogen and oxygen atoms in total. The van der Waals surface area contributed by atoms with Gasteiger partial charge >= 0.3 is 0 Å². The summed E-state index contributed by atoms with van der Waals surface area (Å²) < 4.78 is 11.2. The van der Waals surface area contributed by atoms with E-state index >= 15 is 0 Å². The van der Waals surface area contributed by atoms with Crippen LogP contribution < -0.4 is 20.5 Å². The van der Waals surface area contributed by atoms with E-state index in [2.05, 4.69) is 5.32 Å². The van der Waals surface area contributed by atoms with Crippen molar-refractivity contribution in [3.8, 4) is 11.5 Å². The molecule has 0 unspecified atom stereocenters. The molecule has 0 aromatic heterocycles. The zero-order valence-corrected chi connectivity index (χ0v) is 12.4. The number of carbonyl (C=O) groups excluding carboxylic acids is 1. The molecule has 3 N–H and O–H groups in total. The van der Waals surface area contributed by atoms with Crippen molar-refractivity contribution in [3.63, 3.8) is 0 Å². The van der Waals surface area contributed by atoms with Crippen LogP contribution in [0.15, 0.2) is 12.1 Å². The van der Waals surface area contributed by atoms with Crippen LogP contribution in [0.4, 0.5) is 11.4 Å². The van der Waals surface area contributed by atoms with Gasteiger partial charge in [0, 0.05) is 24.0 Å². The normalized spacial score (nSPS) is 19.9. The monoisotopic (exact) mass is 290 g/mol. The Hall–Kier alpha value is -1.91. The van der Waals surface area contributed by atoms with Crippen molar-refractivity contribution >= 4 is 17.3 Å². The molecule has 1 saturated carbocycles. The van der Waals surface area contributed by atoms with Crippen LogP contribution in [0.3, 0.4) is 0 Å². The summed E-state index contributed by atoms with van der Waals surface area (Å²) in [6, 6.07) is 3.50. The van der Waals surface area contributed by atoms with Crippen molar-refractivity contribution in [1.82, 2.24) is 0 Å². The lowest BCUT2D eigenvalue weighted by Gasteiger charge is -2.23. The lowest BCUT2D eigenvalue weighted by Crippen LogP contribution is -2.31. The number of carbonyl (C=O) groups is 1. The van der Waals surface area contributed by atoms with Crippen LogP contribution in [-0.4, -0.2) is 19.1 Å². The van der Waals surface area contributed by atoms with Gasteiger partial charge in [-0.15, -0.1) is 0 Å². The Morgan fingerprint density at radius 2 is 1.76 bits per heavy atom. The first kappa shape index (κ1) is 14.0. The average molecular weight is 290 g/mol. The molecule has 0 spiro atoms. The Morgan fingerprint density at radius 3 is 2.43 bits per heavy atom. The number of benzene rings is 1. The number of nitrogens with one attached hydrogen (secondary N) is 1. The standard InChI is InChI=1S/C16H22N2O3/c1-16(5-2-3-6-16)15(19)18-12-10-14-13(9-11(12)17)20-7-4-8-21-14/h9-10H,2-8,17H2,1H3,(H,18,19). The van der Waals surface area contributed by atoms with E-state index in [1.54, 1.807) is 12.1 Å². The van der Waals surface area contributed by atoms with Gasteiger partial charge in [0.15, 0.2) is 11.5 Å². The fraction of sp³-hybridized carbons (Fsp3) is 0.562. The number of anilines is 2. The van der Waals surface area contributed by atoms with E-state index in [-0.39, 0.29) is 11.3 Å². The second-order valence-corrected chi connectivity index (χ2v) is 6.16. The molecule has 0 saturated heterocycles. The molecule has 5 heteroatoms. The molecule has 1 aliphatic carbocycles. The minimum Gasteiger partial charge on any atom is -0.489 e. The van der Waals surface area contributed by atoms with Gasteiger partial charge in [0.05, 0.1) is 24.6 Å². The quantitative estimate of drug-likeness (QED) is 0.821. The van der Waals surface area contributed by atoms with Crippen molar-refractivity contribution in [2.24, 2.45) is 5.41 Å². The predicted molar refractivity (Wildman–Crippen MR) is 81.7 cm³/mol. The Labute approximate surface area is 124 Å². The third-order valence-electron chi connectivity index (χ3n) is 4.42.